The van der Waals surface area contributed by atoms with E-state index in [0.717, 1.165) is 13.1 Å². The van der Waals surface area contributed by atoms with Crippen molar-refractivity contribution in [3.8, 4) is 0 Å². The Morgan fingerprint density at radius 2 is 1.87 bits per heavy atom. The number of amides is 3. The summed E-state index contributed by atoms with van der Waals surface area (Å²) >= 11 is 5.91. The fourth-order valence-electron chi connectivity index (χ4n) is 2.18. The Labute approximate surface area is 139 Å². The van der Waals surface area contributed by atoms with Crippen LogP contribution in [0.1, 0.15) is 10.4 Å². The first-order valence-corrected chi connectivity index (χ1v) is 7.42. The highest BCUT2D eigenvalue weighted by atomic mass is 35.5. The molecule has 0 unspecified atom stereocenters. The summed E-state index contributed by atoms with van der Waals surface area (Å²) in [5.74, 6) is -1.02. The van der Waals surface area contributed by atoms with E-state index in [-0.39, 0.29) is 17.6 Å². The summed E-state index contributed by atoms with van der Waals surface area (Å²) in [7, 11) is 2.00. The number of rotatable bonds is 2. The molecule has 1 aromatic rings. The van der Waals surface area contributed by atoms with Gasteiger partial charge in [-0.1, -0.05) is 11.6 Å². The van der Waals surface area contributed by atoms with Gasteiger partial charge in [0.05, 0.1) is 11.3 Å². The Morgan fingerprint density at radius 3 is 2.48 bits per heavy atom. The molecule has 8 nitrogen and oxygen atoms in total. The third-order valence-corrected chi connectivity index (χ3v) is 3.71. The molecule has 0 spiro atoms. The average Bonchev–Trinajstić information content (AvgIpc) is 2.49. The Morgan fingerprint density at radius 1 is 1.22 bits per heavy atom. The molecule has 0 bridgehead atoms. The zero-order valence-corrected chi connectivity index (χ0v) is 13.5. The maximum absolute atomic E-state index is 12.3. The molecule has 9 heteroatoms. The first-order chi connectivity index (χ1) is 10.9. The number of likely N-dealkylation sites (N-methyl/N-ethyl adjacent to an activating group) is 1. The van der Waals surface area contributed by atoms with Gasteiger partial charge in [0.15, 0.2) is 5.96 Å². The quantitative estimate of drug-likeness (QED) is 0.537. The van der Waals surface area contributed by atoms with Crippen molar-refractivity contribution in [3.05, 3.63) is 28.8 Å². The molecule has 0 saturated carbocycles. The van der Waals surface area contributed by atoms with E-state index in [4.69, 9.17) is 23.1 Å². The number of nitrogens with one attached hydrogen (secondary N) is 1. The van der Waals surface area contributed by atoms with E-state index >= 15 is 0 Å². The van der Waals surface area contributed by atoms with Crippen LogP contribution in [0.3, 0.4) is 0 Å². The summed E-state index contributed by atoms with van der Waals surface area (Å²) in [5.41, 5.74) is 10.9. The fraction of sp³-hybridized carbons (Fsp3) is 0.357. The third kappa shape index (κ3) is 4.57. The molecule has 0 aliphatic carbocycles. The molecule has 5 N–H and O–H groups in total. The number of nitrogens with zero attached hydrogens (tertiary/aromatic N) is 3. The van der Waals surface area contributed by atoms with Gasteiger partial charge in [0.2, 0.25) is 0 Å². The van der Waals surface area contributed by atoms with Crippen molar-refractivity contribution in [1.29, 1.82) is 0 Å². The summed E-state index contributed by atoms with van der Waals surface area (Å²) in [5, 5.41) is 3.06. The van der Waals surface area contributed by atoms with Crippen LogP contribution in [0.25, 0.3) is 0 Å². The zero-order chi connectivity index (χ0) is 17.0. The molecule has 23 heavy (non-hydrogen) atoms. The molecule has 124 valence electrons. The van der Waals surface area contributed by atoms with Crippen LogP contribution in [-0.2, 0) is 0 Å². The van der Waals surface area contributed by atoms with Gasteiger partial charge in [-0.3, -0.25) is 4.79 Å². The topological polar surface area (TPSA) is 117 Å². The zero-order valence-electron chi connectivity index (χ0n) is 12.8. The number of halogens is 1. The number of carbonyl (C=O) groups is 2. The Bertz CT molecular complexity index is 636. The first kappa shape index (κ1) is 17.0. The molecule has 3 amide bonds. The molecule has 2 rings (SSSR count). The minimum Gasteiger partial charge on any atom is -0.370 e. The number of hydrogen-bond acceptors (Lipinski definition) is 3. The van der Waals surface area contributed by atoms with Crippen molar-refractivity contribution in [3.63, 3.8) is 0 Å². The van der Waals surface area contributed by atoms with E-state index in [9.17, 15) is 9.59 Å². The number of piperazine rings is 1. The molecule has 1 heterocycles. The normalized spacial score (nSPS) is 15.1. The van der Waals surface area contributed by atoms with E-state index in [1.807, 2.05) is 7.05 Å². The number of carbonyl (C=O) groups excluding carboxylic acids is 2. The molecular formula is C14H19ClN6O2. The Kier molecular flexibility index (Phi) is 5.41. The molecule has 1 fully saturated rings. The highest BCUT2D eigenvalue weighted by Crippen LogP contribution is 2.22. The number of urea groups is 1. The van der Waals surface area contributed by atoms with Crippen molar-refractivity contribution >= 4 is 35.2 Å². The Balaban J connectivity index is 2.17. The maximum atomic E-state index is 12.3. The second-order valence-electron chi connectivity index (χ2n) is 5.25. The van der Waals surface area contributed by atoms with Crippen molar-refractivity contribution in [2.24, 2.45) is 16.5 Å². The minimum atomic E-state index is -0.666. The summed E-state index contributed by atoms with van der Waals surface area (Å²) in [6.07, 6.45) is 0. The standard InChI is InChI=1S/C14H19ClN6O2/c1-20-4-6-21(7-5-20)14(23)18-11-3-2-9(15)8-10(11)12(22)19-13(16)17/h2-3,8H,4-7H2,1H3,(H,18,23)(H4,16,17,19,22). The van der Waals surface area contributed by atoms with Gasteiger partial charge >= 0.3 is 6.03 Å². The maximum Gasteiger partial charge on any atom is 0.321 e. The van der Waals surface area contributed by atoms with Gasteiger partial charge in [0.1, 0.15) is 0 Å². The lowest BCUT2D eigenvalue weighted by atomic mass is 10.1. The van der Waals surface area contributed by atoms with Crippen LogP contribution in [0.4, 0.5) is 10.5 Å². The SMILES string of the molecule is CN1CCN(C(=O)Nc2ccc(Cl)cc2C(=O)N=C(N)N)CC1. The number of benzene rings is 1. The van der Waals surface area contributed by atoms with Crippen LogP contribution in [0.5, 0.6) is 0 Å². The molecule has 1 aliphatic heterocycles. The number of anilines is 1. The van der Waals surface area contributed by atoms with E-state index in [2.05, 4.69) is 15.2 Å². The predicted molar refractivity (Wildman–Crippen MR) is 89.7 cm³/mol. The van der Waals surface area contributed by atoms with Gasteiger partial charge in [-0.05, 0) is 25.2 Å². The van der Waals surface area contributed by atoms with Gasteiger partial charge in [-0.25, -0.2) is 4.79 Å². The van der Waals surface area contributed by atoms with E-state index in [1.165, 1.54) is 6.07 Å². The Hall–Kier alpha value is -2.32. The minimum absolute atomic E-state index is 0.133. The molecule has 0 aromatic heterocycles. The monoisotopic (exact) mass is 338 g/mol. The van der Waals surface area contributed by atoms with Gasteiger partial charge in [0, 0.05) is 31.2 Å². The molecule has 0 radical (unpaired) electrons. The summed E-state index contributed by atoms with van der Waals surface area (Å²) < 4.78 is 0. The molecule has 1 aliphatic rings. The van der Waals surface area contributed by atoms with Gasteiger partial charge < -0.3 is 26.6 Å². The third-order valence-electron chi connectivity index (χ3n) is 3.47. The molecule has 0 atom stereocenters. The van der Waals surface area contributed by atoms with Crippen molar-refractivity contribution < 1.29 is 9.59 Å². The highest BCUT2D eigenvalue weighted by Gasteiger charge is 2.21. The van der Waals surface area contributed by atoms with Crippen LogP contribution in [0.2, 0.25) is 5.02 Å². The van der Waals surface area contributed by atoms with Crippen molar-refractivity contribution in [2.45, 2.75) is 0 Å². The van der Waals surface area contributed by atoms with Gasteiger partial charge in [0.25, 0.3) is 5.91 Å². The molecular weight excluding hydrogens is 320 g/mol. The van der Waals surface area contributed by atoms with Crippen molar-refractivity contribution in [1.82, 2.24) is 9.80 Å². The van der Waals surface area contributed by atoms with Gasteiger partial charge in [-0.15, -0.1) is 0 Å². The van der Waals surface area contributed by atoms with Crippen LogP contribution in [-0.4, -0.2) is 60.9 Å². The highest BCUT2D eigenvalue weighted by molar-refractivity contribution is 6.31. The second-order valence-corrected chi connectivity index (χ2v) is 5.69. The second kappa shape index (κ2) is 7.30. The predicted octanol–water partition coefficient (Wildman–Crippen LogP) is 0.533. The van der Waals surface area contributed by atoms with Crippen molar-refractivity contribution in [2.75, 3.05) is 38.5 Å². The smallest absolute Gasteiger partial charge is 0.321 e. The number of guanidine groups is 1. The van der Waals surface area contributed by atoms with E-state index < -0.39 is 5.91 Å². The van der Waals surface area contributed by atoms with Gasteiger partial charge in [-0.2, -0.15) is 4.99 Å². The average molecular weight is 339 g/mol. The number of aliphatic imine (C=N–C) groups is 1. The van der Waals surface area contributed by atoms with E-state index in [0.29, 0.717) is 23.8 Å². The largest absolute Gasteiger partial charge is 0.370 e. The fourth-order valence-corrected chi connectivity index (χ4v) is 2.36. The lowest BCUT2D eigenvalue weighted by molar-refractivity contribution is 0.100. The summed E-state index contributed by atoms with van der Waals surface area (Å²) in [6, 6.07) is 4.26. The summed E-state index contributed by atoms with van der Waals surface area (Å²) in [6.45, 7) is 2.84. The van der Waals surface area contributed by atoms with Crippen LogP contribution in [0, 0.1) is 0 Å². The number of nitrogens with two attached hydrogens (primary N) is 2. The van der Waals surface area contributed by atoms with Crippen LogP contribution in [0.15, 0.2) is 23.2 Å². The van der Waals surface area contributed by atoms with E-state index in [1.54, 1.807) is 17.0 Å². The summed E-state index contributed by atoms with van der Waals surface area (Å²) in [4.78, 5) is 31.7. The lowest BCUT2D eigenvalue weighted by Gasteiger charge is -2.32. The molecule has 1 saturated heterocycles. The number of hydrogen-bond donors (Lipinski definition) is 3. The first-order valence-electron chi connectivity index (χ1n) is 7.05. The molecule has 1 aromatic carbocycles. The van der Waals surface area contributed by atoms with Crippen LogP contribution < -0.4 is 16.8 Å². The van der Waals surface area contributed by atoms with Crippen LogP contribution >= 0.6 is 11.6 Å². The lowest BCUT2D eigenvalue weighted by Crippen LogP contribution is -2.48.